The number of benzene rings is 3. The van der Waals surface area contributed by atoms with E-state index in [9.17, 15) is 9.59 Å². The largest absolute Gasteiger partial charge is 0.450 e. The summed E-state index contributed by atoms with van der Waals surface area (Å²) in [4.78, 5) is 49.5. The average Bonchev–Trinajstić information content (AvgIpc) is 3.56. The number of likely N-dealkylation sites (tertiary alicyclic amines) is 2. The van der Waals surface area contributed by atoms with Crippen LogP contribution in [0.4, 0.5) is 4.79 Å². The molecule has 0 bridgehead atoms. The highest BCUT2D eigenvalue weighted by Gasteiger charge is 2.59. The number of nitrogens with zero attached hydrogens (tertiary/aromatic N) is 2. The van der Waals surface area contributed by atoms with Gasteiger partial charge in [-0.3, -0.25) is 9.59 Å². The van der Waals surface area contributed by atoms with Gasteiger partial charge in [0.15, 0.2) is 0 Å². The van der Waals surface area contributed by atoms with Crippen LogP contribution in [0.3, 0.4) is 0 Å². The molecule has 2 aliphatic heterocycles. The molecule has 0 radical (unpaired) electrons. The van der Waals surface area contributed by atoms with Crippen LogP contribution >= 0.6 is 39.3 Å². The van der Waals surface area contributed by atoms with Gasteiger partial charge in [-0.2, -0.15) is 0 Å². The number of H-pyrrole nitrogens is 1. The Kier molecular flexibility index (Phi) is 9.68. The molecule has 3 amide bonds. The topological polar surface area (TPSA) is 94.7 Å². The Morgan fingerprint density at radius 2 is 1.80 bits per heavy atom. The van der Waals surface area contributed by atoms with E-state index in [0.717, 1.165) is 37.0 Å². The summed E-state index contributed by atoms with van der Waals surface area (Å²) in [7, 11) is 0. The smallest absolute Gasteiger partial charge is 0.407 e. The number of carbonyl (C=O) groups excluding carboxylic acids is 3. The molecule has 3 heterocycles. The van der Waals surface area contributed by atoms with Crippen molar-refractivity contribution in [1.29, 1.82) is 0 Å². The first kappa shape index (κ1) is 32.5. The van der Waals surface area contributed by atoms with Gasteiger partial charge in [-0.1, -0.05) is 63.4 Å². The summed E-state index contributed by atoms with van der Waals surface area (Å²) in [5, 5.41) is 4.44. The van der Waals surface area contributed by atoms with Crippen LogP contribution < -0.4 is 5.32 Å². The normalized spacial score (nSPS) is 20.3. The van der Waals surface area contributed by atoms with E-state index in [1.807, 2.05) is 89.7 Å². The second-order valence-electron chi connectivity index (χ2n) is 11.9. The Bertz CT molecular complexity index is 1740. The Morgan fingerprint density at radius 1 is 1.09 bits per heavy atom. The predicted octanol–water partition coefficient (Wildman–Crippen LogP) is 7.63. The van der Waals surface area contributed by atoms with Crippen molar-refractivity contribution >= 4 is 68.1 Å². The highest BCUT2D eigenvalue weighted by Crippen LogP contribution is 2.55. The van der Waals surface area contributed by atoms with E-state index in [2.05, 4.69) is 26.2 Å². The molecule has 2 aliphatic rings. The molecule has 3 aromatic carbocycles. The number of hydrogen-bond donors (Lipinski definition) is 2. The predicted molar refractivity (Wildman–Crippen MR) is 185 cm³/mol. The van der Waals surface area contributed by atoms with Crippen LogP contribution in [-0.4, -0.2) is 63.2 Å². The molecule has 2 saturated heterocycles. The molecule has 46 heavy (non-hydrogen) atoms. The molecule has 8 nitrogen and oxygen atoms in total. The van der Waals surface area contributed by atoms with Crippen LogP contribution in [0.2, 0.25) is 5.02 Å². The van der Waals surface area contributed by atoms with Crippen molar-refractivity contribution in [2.45, 2.75) is 61.4 Å². The van der Waals surface area contributed by atoms with Crippen molar-refractivity contribution < 1.29 is 19.1 Å². The standard InChI is InChI=1S/C35H36BrClN4O4S/c1-3-45-34(44)39-26-14-16-40(17-15-26)33(43)35(46-27-11-4-22(2)5-12-27)19-31(42)41(21-23-6-8-24(36)9-7-23)32(35)29-20-38-30-18-25(37)10-13-28(29)30/h4-13,18,20,26,32,38H,3,14-17,19,21H2,1-2H3,(H,39,44). The fraction of sp³-hybridized carbons (Fsp3) is 0.343. The lowest BCUT2D eigenvalue weighted by molar-refractivity contribution is -0.135. The van der Waals surface area contributed by atoms with Gasteiger partial charge in [0.05, 0.1) is 19.1 Å². The van der Waals surface area contributed by atoms with Crippen LogP contribution in [0.5, 0.6) is 0 Å². The first-order chi connectivity index (χ1) is 22.2. The monoisotopic (exact) mass is 722 g/mol. The maximum atomic E-state index is 15.1. The molecule has 2 unspecified atom stereocenters. The number of fused-ring (bicyclic) bond motifs is 1. The molecule has 2 fully saturated rings. The number of piperidine rings is 1. The second-order valence-corrected chi connectivity index (χ2v) is 14.7. The van der Waals surface area contributed by atoms with Crippen molar-refractivity contribution in [3.8, 4) is 0 Å². The molecule has 2 N–H and O–H groups in total. The minimum Gasteiger partial charge on any atom is -0.450 e. The minimum absolute atomic E-state index is 0.0485. The number of carbonyl (C=O) groups is 3. The molecule has 240 valence electrons. The fourth-order valence-corrected chi connectivity index (χ4v) is 8.44. The van der Waals surface area contributed by atoms with Crippen LogP contribution in [0.25, 0.3) is 10.9 Å². The van der Waals surface area contributed by atoms with Crippen molar-refractivity contribution in [3.05, 3.63) is 99.1 Å². The highest BCUT2D eigenvalue weighted by atomic mass is 79.9. The molecule has 0 aliphatic carbocycles. The minimum atomic E-state index is -1.15. The van der Waals surface area contributed by atoms with E-state index in [1.165, 1.54) is 11.8 Å². The zero-order valence-corrected chi connectivity index (χ0v) is 28.9. The van der Waals surface area contributed by atoms with E-state index in [0.29, 0.717) is 44.1 Å². The van der Waals surface area contributed by atoms with E-state index >= 15 is 4.79 Å². The third kappa shape index (κ3) is 6.66. The lowest BCUT2D eigenvalue weighted by atomic mass is 9.89. The lowest BCUT2D eigenvalue weighted by Gasteiger charge is -2.41. The van der Waals surface area contributed by atoms with Crippen LogP contribution in [-0.2, 0) is 20.9 Å². The second kappa shape index (κ2) is 13.7. The molecule has 4 aromatic rings. The molecule has 2 atom stereocenters. The molecule has 0 saturated carbocycles. The molecular formula is C35H36BrClN4O4S. The summed E-state index contributed by atoms with van der Waals surface area (Å²) < 4.78 is 4.88. The summed E-state index contributed by atoms with van der Waals surface area (Å²) in [6, 6.07) is 21.1. The average molecular weight is 724 g/mol. The molecule has 6 rings (SSSR count). The van der Waals surface area contributed by atoms with Gasteiger partial charge in [0.2, 0.25) is 11.8 Å². The third-order valence-electron chi connectivity index (χ3n) is 8.79. The fourth-order valence-electron chi connectivity index (χ4n) is 6.53. The third-order valence-corrected chi connectivity index (χ3v) is 11.0. The first-order valence-electron chi connectivity index (χ1n) is 15.5. The van der Waals surface area contributed by atoms with Gasteiger partial charge >= 0.3 is 6.09 Å². The highest BCUT2D eigenvalue weighted by molar-refractivity contribution is 9.10. The van der Waals surface area contributed by atoms with Crippen LogP contribution in [0.15, 0.2) is 82.3 Å². The quantitative estimate of drug-likeness (QED) is 0.195. The Balaban J connectivity index is 1.43. The lowest BCUT2D eigenvalue weighted by Crippen LogP contribution is -2.54. The Hall–Kier alpha value is -3.47. The summed E-state index contributed by atoms with van der Waals surface area (Å²) in [6.07, 6.45) is 2.73. The number of hydrogen-bond acceptors (Lipinski definition) is 5. The zero-order chi connectivity index (χ0) is 32.4. The van der Waals surface area contributed by atoms with E-state index in [4.69, 9.17) is 16.3 Å². The summed E-state index contributed by atoms with van der Waals surface area (Å²) in [6.45, 7) is 5.38. The van der Waals surface area contributed by atoms with Crippen LogP contribution in [0, 0.1) is 6.92 Å². The Labute approximate surface area is 286 Å². The van der Waals surface area contributed by atoms with E-state index in [1.54, 1.807) is 6.92 Å². The molecule has 0 spiro atoms. The van der Waals surface area contributed by atoms with Crippen LogP contribution in [0.1, 0.15) is 48.9 Å². The number of amides is 3. The molecular weight excluding hydrogens is 688 g/mol. The maximum absolute atomic E-state index is 15.1. The number of aryl methyl sites for hydroxylation is 1. The molecule has 11 heteroatoms. The van der Waals surface area contributed by atoms with Gasteiger partial charge in [-0.15, -0.1) is 11.8 Å². The van der Waals surface area contributed by atoms with Crippen molar-refractivity contribution in [1.82, 2.24) is 20.1 Å². The van der Waals surface area contributed by atoms with Gasteiger partial charge in [0, 0.05) is 62.7 Å². The number of halogens is 2. The summed E-state index contributed by atoms with van der Waals surface area (Å²) in [5.41, 5.74) is 3.81. The van der Waals surface area contributed by atoms with E-state index in [-0.39, 0.29) is 24.3 Å². The summed E-state index contributed by atoms with van der Waals surface area (Å²) >= 11 is 11.4. The number of aromatic amines is 1. The SMILES string of the molecule is CCOC(=O)NC1CCN(C(=O)C2(Sc3ccc(C)cc3)CC(=O)N(Cc3ccc(Br)cc3)C2c2c[nH]c3cc(Cl)ccc23)CC1. The van der Waals surface area contributed by atoms with Gasteiger partial charge in [-0.05, 0) is 68.7 Å². The van der Waals surface area contributed by atoms with Gasteiger partial charge in [-0.25, -0.2) is 4.79 Å². The number of rotatable bonds is 8. The van der Waals surface area contributed by atoms with Gasteiger partial charge in [0.1, 0.15) is 4.75 Å². The number of aromatic nitrogens is 1. The number of alkyl carbamates (subject to hydrolysis) is 1. The first-order valence-corrected chi connectivity index (χ1v) is 17.4. The van der Waals surface area contributed by atoms with Crippen molar-refractivity contribution in [2.24, 2.45) is 0 Å². The number of nitrogens with one attached hydrogen (secondary N) is 2. The number of ether oxygens (including phenoxy) is 1. The van der Waals surface area contributed by atoms with Crippen molar-refractivity contribution in [3.63, 3.8) is 0 Å². The number of thioether (sulfide) groups is 1. The van der Waals surface area contributed by atoms with Gasteiger partial charge < -0.3 is 24.8 Å². The maximum Gasteiger partial charge on any atom is 0.407 e. The van der Waals surface area contributed by atoms with E-state index < -0.39 is 16.9 Å². The molecule has 1 aromatic heterocycles. The summed E-state index contributed by atoms with van der Waals surface area (Å²) in [5.74, 6) is -0.157. The zero-order valence-electron chi connectivity index (χ0n) is 25.7. The van der Waals surface area contributed by atoms with Gasteiger partial charge in [0.25, 0.3) is 0 Å². The Morgan fingerprint density at radius 3 is 2.50 bits per heavy atom. The van der Waals surface area contributed by atoms with Crippen molar-refractivity contribution in [2.75, 3.05) is 19.7 Å².